The van der Waals surface area contributed by atoms with E-state index in [9.17, 15) is 4.79 Å². The first-order valence-corrected chi connectivity index (χ1v) is 9.06. The monoisotopic (exact) mass is 330 g/mol. The van der Waals surface area contributed by atoms with E-state index in [-0.39, 0.29) is 5.91 Å². The summed E-state index contributed by atoms with van der Waals surface area (Å²) in [7, 11) is 0. The van der Waals surface area contributed by atoms with Crippen LogP contribution in [0.1, 0.15) is 30.7 Å². The van der Waals surface area contributed by atoms with Crippen molar-refractivity contribution in [1.29, 1.82) is 0 Å². The van der Waals surface area contributed by atoms with E-state index in [2.05, 4.69) is 44.3 Å². The Labute approximate surface area is 140 Å². The zero-order valence-electron chi connectivity index (χ0n) is 13.4. The fourth-order valence-corrected chi connectivity index (χ4v) is 3.77. The molecule has 23 heavy (non-hydrogen) atoms. The van der Waals surface area contributed by atoms with E-state index < -0.39 is 0 Å². The molecule has 1 aromatic carbocycles. The van der Waals surface area contributed by atoms with Gasteiger partial charge < -0.3 is 4.90 Å². The van der Waals surface area contributed by atoms with E-state index in [4.69, 9.17) is 0 Å². The van der Waals surface area contributed by atoms with Crippen LogP contribution < -0.4 is 0 Å². The lowest BCUT2D eigenvalue weighted by Gasteiger charge is -2.24. The van der Waals surface area contributed by atoms with Gasteiger partial charge in [0.2, 0.25) is 11.1 Å². The summed E-state index contributed by atoms with van der Waals surface area (Å²) in [5.74, 6) is 1.40. The van der Waals surface area contributed by atoms with Gasteiger partial charge in [0, 0.05) is 12.6 Å². The van der Waals surface area contributed by atoms with Gasteiger partial charge in [-0.3, -0.25) is 9.89 Å². The average molecular weight is 330 g/mol. The average Bonchev–Trinajstić information content (AvgIpc) is 3.20. The highest BCUT2D eigenvalue weighted by Crippen LogP contribution is 2.24. The molecule has 122 valence electrons. The van der Waals surface area contributed by atoms with Crippen molar-refractivity contribution >= 4 is 17.7 Å². The van der Waals surface area contributed by atoms with Crippen molar-refractivity contribution in [2.45, 2.75) is 43.8 Å². The number of likely N-dealkylation sites (tertiary alicyclic amines) is 1. The molecule has 0 unspecified atom stereocenters. The van der Waals surface area contributed by atoms with Crippen molar-refractivity contribution < 1.29 is 4.79 Å². The van der Waals surface area contributed by atoms with Gasteiger partial charge in [0.15, 0.2) is 0 Å². The lowest BCUT2D eigenvalue weighted by Crippen LogP contribution is -2.37. The highest BCUT2D eigenvalue weighted by Gasteiger charge is 2.28. The molecule has 3 rings (SSSR count). The zero-order chi connectivity index (χ0) is 16.1. The number of thioether (sulfide) groups is 1. The Morgan fingerprint density at radius 2 is 2.22 bits per heavy atom. The van der Waals surface area contributed by atoms with Crippen LogP contribution in [-0.2, 0) is 11.2 Å². The third-order valence-corrected chi connectivity index (χ3v) is 5.04. The highest BCUT2D eigenvalue weighted by molar-refractivity contribution is 7.99. The van der Waals surface area contributed by atoms with Gasteiger partial charge in [-0.05, 0) is 38.2 Å². The summed E-state index contributed by atoms with van der Waals surface area (Å²) in [5.41, 5.74) is 1.34. The zero-order valence-corrected chi connectivity index (χ0v) is 14.2. The topological polar surface area (TPSA) is 61.9 Å². The minimum atomic E-state index is 0.202. The number of carbonyl (C=O) groups is 1. The molecule has 1 aliphatic heterocycles. The molecular weight excluding hydrogens is 308 g/mol. The van der Waals surface area contributed by atoms with Crippen LogP contribution in [0.5, 0.6) is 0 Å². The number of hydrogen-bond donors (Lipinski definition) is 1. The summed E-state index contributed by atoms with van der Waals surface area (Å²) in [4.78, 5) is 18.8. The first-order chi connectivity index (χ1) is 11.2. The van der Waals surface area contributed by atoms with E-state index in [1.807, 2.05) is 13.0 Å². The van der Waals surface area contributed by atoms with Gasteiger partial charge >= 0.3 is 0 Å². The third-order valence-electron chi connectivity index (χ3n) is 4.21. The first-order valence-electron chi connectivity index (χ1n) is 8.07. The molecular formula is C17H22N4OS. The summed E-state index contributed by atoms with van der Waals surface area (Å²) in [6.07, 6.45) is 4.29. The predicted molar refractivity (Wildman–Crippen MR) is 91.3 cm³/mol. The summed E-state index contributed by atoms with van der Waals surface area (Å²) in [6, 6.07) is 10.9. The fourth-order valence-electron chi connectivity index (χ4n) is 3.04. The van der Waals surface area contributed by atoms with E-state index >= 15 is 0 Å². The summed E-state index contributed by atoms with van der Waals surface area (Å²) in [6.45, 7) is 2.74. The molecule has 1 atom stereocenters. The summed E-state index contributed by atoms with van der Waals surface area (Å²) in [5, 5.41) is 7.52. The number of hydrogen-bond acceptors (Lipinski definition) is 4. The van der Waals surface area contributed by atoms with E-state index in [0.717, 1.165) is 38.1 Å². The maximum Gasteiger partial charge on any atom is 0.233 e. The minimum Gasteiger partial charge on any atom is -0.339 e. The molecule has 0 aliphatic carbocycles. The standard InChI is InChI=1S/C17H22N4OS/c1-13-18-17(20-19-13)23-12-16(22)21-11-5-8-15(21)10-9-14-6-3-2-4-7-14/h2-4,6-7,15H,5,8-12H2,1H3,(H,18,19,20)/t15-/m1/s1. The minimum absolute atomic E-state index is 0.202. The number of aromatic nitrogens is 3. The molecule has 1 aromatic heterocycles. The van der Waals surface area contributed by atoms with Crippen LogP contribution in [0, 0.1) is 6.92 Å². The van der Waals surface area contributed by atoms with Crippen LogP contribution in [0.15, 0.2) is 35.5 Å². The number of nitrogens with zero attached hydrogens (tertiary/aromatic N) is 3. The maximum absolute atomic E-state index is 12.5. The van der Waals surface area contributed by atoms with Crippen LogP contribution in [0.25, 0.3) is 0 Å². The van der Waals surface area contributed by atoms with Crippen LogP contribution in [-0.4, -0.2) is 44.3 Å². The van der Waals surface area contributed by atoms with Crippen LogP contribution in [0.4, 0.5) is 0 Å². The molecule has 0 spiro atoms. The van der Waals surface area contributed by atoms with Gasteiger partial charge in [-0.1, -0.05) is 42.1 Å². The molecule has 6 heteroatoms. The Balaban J connectivity index is 1.50. The Morgan fingerprint density at radius 1 is 1.39 bits per heavy atom. The van der Waals surface area contributed by atoms with Gasteiger partial charge in [-0.2, -0.15) is 0 Å². The largest absolute Gasteiger partial charge is 0.339 e. The molecule has 0 radical (unpaired) electrons. The van der Waals surface area contributed by atoms with Crippen molar-refractivity contribution in [3.05, 3.63) is 41.7 Å². The Hall–Kier alpha value is -1.82. The molecule has 2 aromatic rings. The van der Waals surface area contributed by atoms with Gasteiger partial charge in [-0.25, -0.2) is 4.98 Å². The van der Waals surface area contributed by atoms with Crippen molar-refractivity contribution in [2.75, 3.05) is 12.3 Å². The predicted octanol–water partition coefficient (Wildman–Crippen LogP) is 2.83. The number of H-pyrrole nitrogens is 1. The second-order valence-electron chi connectivity index (χ2n) is 5.90. The van der Waals surface area contributed by atoms with Gasteiger partial charge in [0.1, 0.15) is 5.82 Å². The first kappa shape index (κ1) is 16.1. The van der Waals surface area contributed by atoms with Crippen molar-refractivity contribution in [3.63, 3.8) is 0 Å². The third kappa shape index (κ3) is 4.34. The van der Waals surface area contributed by atoms with E-state index in [1.165, 1.54) is 17.3 Å². The Morgan fingerprint density at radius 3 is 2.96 bits per heavy atom. The number of carbonyl (C=O) groups excluding carboxylic acids is 1. The number of aryl methyl sites for hydroxylation is 2. The molecule has 2 heterocycles. The van der Waals surface area contributed by atoms with Crippen molar-refractivity contribution in [1.82, 2.24) is 20.1 Å². The van der Waals surface area contributed by atoms with Crippen LogP contribution in [0.2, 0.25) is 0 Å². The summed E-state index contributed by atoms with van der Waals surface area (Å²) >= 11 is 1.41. The quantitative estimate of drug-likeness (QED) is 0.827. The lowest BCUT2D eigenvalue weighted by molar-refractivity contribution is -0.129. The smallest absolute Gasteiger partial charge is 0.233 e. The van der Waals surface area contributed by atoms with Crippen molar-refractivity contribution in [2.24, 2.45) is 0 Å². The van der Waals surface area contributed by atoms with E-state index in [0.29, 0.717) is 17.0 Å². The molecule has 1 saturated heterocycles. The second kappa shape index (κ2) is 7.64. The van der Waals surface area contributed by atoms with Crippen LogP contribution >= 0.6 is 11.8 Å². The normalized spacial score (nSPS) is 17.6. The molecule has 1 aliphatic rings. The molecule has 1 amide bonds. The second-order valence-corrected chi connectivity index (χ2v) is 6.84. The van der Waals surface area contributed by atoms with E-state index in [1.54, 1.807) is 0 Å². The van der Waals surface area contributed by atoms with Crippen molar-refractivity contribution in [3.8, 4) is 0 Å². The highest BCUT2D eigenvalue weighted by atomic mass is 32.2. The molecule has 1 fully saturated rings. The summed E-state index contributed by atoms with van der Waals surface area (Å²) < 4.78 is 0. The number of amides is 1. The molecule has 1 N–H and O–H groups in total. The lowest BCUT2D eigenvalue weighted by atomic mass is 10.0. The number of rotatable bonds is 6. The number of nitrogens with one attached hydrogen (secondary N) is 1. The molecule has 0 bridgehead atoms. The molecule has 0 saturated carbocycles. The molecule has 5 nitrogen and oxygen atoms in total. The Bertz CT molecular complexity index is 643. The fraction of sp³-hybridized carbons (Fsp3) is 0.471. The SMILES string of the molecule is Cc1nc(SCC(=O)N2CCC[C@@H]2CCc2ccccc2)n[nH]1. The van der Waals surface area contributed by atoms with Gasteiger partial charge in [0.25, 0.3) is 0 Å². The van der Waals surface area contributed by atoms with Crippen LogP contribution in [0.3, 0.4) is 0 Å². The van der Waals surface area contributed by atoms with Gasteiger partial charge in [-0.15, -0.1) is 5.10 Å². The van der Waals surface area contributed by atoms with Gasteiger partial charge in [0.05, 0.1) is 5.75 Å². The Kier molecular flexibility index (Phi) is 5.33. The maximum atomic E-state index is 12.5. The number of aromatic amines is 1. The number of benzene rings is 1.